The first-order chi connectivity index (χ1) is 10.3. The highest BCUT2D eigenvalue weighted by Gasteiger charge is 2.37. The van der Waals surface area contributed by atoms with Crippen LogP contribution in [-0.4, -0.2) is 46.8 Å². The van der Waals surface area contributed by atoms with Crippen LogP contribution in [0.2, 0.25) is 0 Å². The summed E-state index contributed by atoms with van der Waals surface area (Å²) in [7, 11) is 0. The molecule has 1 unspecified atom stereocenters. The van der Waals surface area contributed by atoms with Gasteiger partial charge in [0, 0.05) is 43.3 Å². The van der Waals surface area contributed by atoms with Crippen LogP contribution in [0.1, 0.15) is 38.2 Å². The van der Waals surface area contributed by atoms with Crippen molar-refractivity contribution in [2.45, 2.75) is 44.3 Å². The Labute approximate surface area is 132 Å². The van der Waals surface area contributed by atoms with E-state index in [-0.39, 0.29) is 0 Å². The van der Waals surface area contributed by atoms with Gasteiger partial charge in [0.2, 0.25) is 0 Å². The number of rotatable bonds is 5. The monoisotopic (exact) mass is 306 g/mol. The highest BCUT2D eigenvalue weighted by Crippen LogP contribution is 2.35. The van der Waals surface area contributed by atoms with E-state index < -0.39 is 0 Å². The topological polar surface area (TPSA) is 41.1 Å². The largest absolute Gasteiger partial charge is 0.316 e. The molecule has 2 fully saturated rings. The first-order valence-corrected chi connectivity index (χ1v) is 9.15. The van der Waals surface area contributed by atoms with Crippen molar-refractivity contribution >= 4 is 11.8 Å². The average Bonchev–Trinajstić information content (AvgIpc) is 2.94. The van der Waals surface area contributed by atoms with E-state index in [1.54, 1.807) is 11.8 Å². The van der Waals surface area contributed by atoms with Crippen molar-refractivity contribution < 1.29 is 0 Å². The molecule has 2 aliphatic heterocycles. The minimum absolute atomic E-state index is 0.538. The molecule has 5 heteroatoms. The fraction of sp³-hybridized carbons (Fsp3) is 0.750. The van der Waals surface area contributed by atoms with E-state index in [2.05, 4.69) is 27.1 Å². The van der Waals surface area contributed by atoms with E-state index in [1.165, 1.54) is 57.4 Å². The minimum Gasteiger partial charge on any atom is -0.316 e. The Hall–Kier alpha value is -0.650. The maximum Gasteiger partial charge on any atom is 0.187 e. The number of hydrogen-bond donors (Lipinski definition) is 1. The summed E-state index contributed by atoms with van der Waals surface area (Å²) < 4.78 is 0. The van der Waals surface area contributed by atoms with E-state index in [0.717, 1.165) is 17.5 Å². The van der Waals surface area contributed by atoms with Crippen LogP contribution in [0.5, 0.6) is 0 Å². The molecule has 0 bridgehead atoms. The van der Waals surface area contributed by atoms with Crippen molar-refractivity contribution in [2.24, 2.45) is 5.41 Å². The third-order valence-electron chi connectivity index (χ3n) is 4.60. The van der Waals surface area contributed by atoms with Crippen molar-refractivity contribution in [2.75, 3.05) is 31.9 Å². The molecule has 116 valence electrons. The van der Waals surface area contributed by atoms with Crippen LogP contribution in [0.15, 0.2) is 17.6 Å². The second-order valence-corrected chi connectivity index (χ2v) is 7.53. The van der Waals surface area contributed by atoms with E-state index in [4.69, 9.17) is 0 Å². The summed E-state index contributed by atoms with van der Waals surface area (Å²) in [4.78, 5) is 11.6. The van der Waals surface area contributed by atoms with Crippen molar-refractivity contribution in [3.05, 3.63) is 18.0 Å². The molecule has 3 heterocycles. The molecule has 1 spiro atoms. The van der Waals surface area contributed by atoms with E-state index >= 15 is 0 Å². The number of likely N-dealkylation sites (tertiary alicyclic amines) is 1. The summed E-state index contributed by atoms with van der Waals surface area (Å²) in [6, 6.07) is 0. The van der Waals surface area contributed by atoms with Crippen LogP contribution < -0.4 is 5.32 Å². The molecule has 0 saturated carbocycles. The quantitative estimate of drug-likeness (QED) is 0.669. The van der Waals surface area contributed by atoms with Crippen molar-refractivity contribution in [3.63, 3.8) is 0 Å². The van der Waals surface area contributed by atoms with Crippen LogP contribution in [0.3, 0.4) is 0 Å². The van der Waals surface area contributed by atoms with Crippen LogP contribution in [0.4, 0.5) is 0 Å². The highest BCUT2D eigenvalue weighted by molar-refractivity contribution is 7.99. The van der Waals surface area contributed by atoms with Crippen LogP contribution in [0, 0.1) is 5.41 Å². The molecule has 21 heavy (non-hydrogen) atoms. The van der Waals surface area contributed by atoms with Gasteiger partial charge in [-0.1, -0.05) is 18.7 Å². The molecule has 2 aliphatic rings. The number of hydrogen-bond acceptors (Lipinski definition) is 5. The molecule has 1 atom stereocenters. The van der Waals surface area contributed by atoms with Gasteiger partial charge in [0.25, 0.3) is 0 Å². The van der Waals surface area contributed by atoms with Gasteiger partial charge in [-0.25, -0.2) is 9.97 Å². The zero-order valence-electron chi connectivity index (χ0n) is 13.0. The number of thioether (sulfide) groups is 1. The first kappa shape index (κ1) is 15.3. The van der Waals surface area contributed by atoms with Gasteiger partial charge < -0.3 is 5.32 Å². The number of nitrogens with zero attached hydrogens (tertiary/aromatic N) is 3. The fourth-order valence-corrected chi connectivity index (χ4v) is 4.18. The molecule has 0 aliphatic carbocycles. The molecule has 1 aromatic rings. The Morgan fingerprint density at radius 1 is 1.33 bits per heavy atom. The average molecular weight is 306 g/mol. The summed E-state index contributed by atoms with van der Waals surface area (Å²) in [6.07, 6.45) is 9.25. The van der Waals surface area contributed by atoms with Crippen LogP contribution in [0.25, 0.3) is 0 Å². The van der Waals surface area contributed by atoms with Gasteiger partial charge in [-0.05, 0) is 44.2 Å². The predicted molar refractivity (Wildman–Crippen MR) is 87.5 cm³/mol. The normalized spacial score (nSPS) is 26.5. The smallest absolute Gasteiger partial charge is 0.187 e. The van der Waals surface area contributed by atoms with Gasteiger partial charge in [-0.15, -0.1) is 0 Å². The van der Waals surface area contributed by atoms with Gasteiger partial charge in [0.1, 0.15) is 0 Å². The van der Waals surface area contributed by atoms with Gasteiger partial charge in [0.05, 0.1) is 0 Å². The minimum atomic E-state index is 0.538. The second-order valence-electron chi connectivity index (χ2n) is 6.46. The number of piperidine rings is 1. The summed E-state index contributed by atoms with van der Waals surface area (Å²) in [5, 5.41) is 4.45. The molecular formula is C16H26N4S. The zero-order chi connectivity index (χ0) is 14.5. The number of nitrogens with one attached hydrogen (secondary N) is 1. The lowest BCUT2D eigenvalue weighted by molar-refractivity contribution is 0.0976. The Morgan fingerprint density at radius 3 is 2.90 bits per heavy atom. The van der Waals surface area contributed by atoms with E-state index in [1.807, 2.05) is 12.4 Å². The Morgan fingerprint density at radius 2 is 2.19 bits per heavy atom. The maximum absolute atomic E-state index is 4.48. The van der Waals surface area contributed by atoms with Crippen LogP contribution >= 0.6 is 11.8 Å². The Bertz CT molecular complexity index is 442. The highest BCUT2D eigenvalue weighted by atomic mass is 32.2. The Balaban J connectivity index is 1.55. The first-order valence-electron chi connectivity index (χ1n) is 8.16. The predicted octanol–water partition coefficient (Wildman–Crippen LogP) is 2.55. The molecule has 3 rings (SSSR count). The SMILES string of the molecule is CCCSc1ncc(CN2CCCC3(CCNC3)C2)cn1. The molecule has 0 aromatic carbocycles. The summed E-state index contributed by atoms with van der Waals surface area (Å²) >= 11 is 1.75. The molecule has 0 radical (unpaired) electrons. The molecule has 0 amide bonds. The van der Waals surface area contributed by atoms with Gasteiger partial charge in [-0.2, -0.15) is 0 Å². The lowest BCUT2D eigenvalue weighted by atomic mass is 9.79. The summed E-state index contributed by atoms with van der Waals surface area (Å²) in [5.41, 5.74) is 1.79. The van der Waals surface area contributed by atoms with Crippen molar-refractivity contribution in [1.29, 1.82) is 0 Å². The fourth-order valence-electron chi connectivity index (χ4n) is 3.54. The van der Waals surface area contributed by atoms with Crippen LogP contribution in [-0.2, 0) is 6.54 Å². The maximum atomic E-state index is 4.48. The molecule has 2 saturated heterocycles. The van der Waals surface area contributed by atoms with E-state index in [0.29, 0.717) is 5.41 Å². The van der Waals surface area contributed by atoms with Crippen molar-refractivity contribution in [1.82, 2.24) is 20.2 Å². The Kier molecular flexibility index (Phi) is 5.14. The van der Waals surface area contributed by atoms with Gasteiger partial charge in [0.15, 0.2) is 5.16 Å². The molecule has 4 nitrogen and oxygen atoms in total. The number of aromatic nitrogens is 2. The van der Waals surface area contributed by atoms with Gasteiger partial charge in [-0.3, -0.25) is 4.90 Å². The zero-order valence-corrected chi connectivity index (χ0v) is 13.8. The third kappa shape index (κ3) is 3.96. The van der Waals surface area contributed by atoms with E-state index in [9.17, 15) is 0 Å². The van der Waals surface area contributed by atoms with Gasteiger partial charge >= 0.3 is 0 Å². The standard InChI is InChI=1S/C16H26N4S/c1-2-8-21-15-18-9-14(10-19-15)11-20-7-3-4-16(13-20)5-6-17-12-16/h9-10,17H,2-8,11-13H2,1H3. The second kappa shape index (κ2) is 7.07. The lowest BCUT2D eigenvalue weighted by Crippen LogP contribution is -2.44. The lowest BCUT2D eigenvalue weighted by Gasteiger charge is -2.40. The molecular weight excluding hydrogens is 280 g/mol. The third-order valence-corrected chi connectivity index (χ3v) is 5.68. The molecule has 1 N–H and O–H groups in total. The summed E-state index contributed by atoms with van der Waals surface area (Å²) in [5.74, 6) is 1.10. The summed E-state index contributed by atoms with van der Waals surface area (Å²) in [6.45, 7) is 8.03. The molecule has 1 aromatic heterocycles. The van der Waals surface area contributed by atoms with Crippen molar-refractivity contribution in [3.8, 4) is 0 Å².